The van der Waals surface area contributed by atoms with Gasteiger partial charge in [0.25, 0.3) is 0 Å². The van der Waals surface area contributed by atoms with Crippen molar-refractivity contribution in [3.63, 3.8) is 0 Å². The number of hydroxylamine groups is 1. The van der Waals surface area contributed by atoms with E-state index in [-0.39, 0.29) is 23.8 Å². The maximum Gasteiger partial charge on any atom is 0.330 e. The van der Waals surface area contributed by atoms with Crippen molar-refractivity contribution in [2.75, 3.05) is 0 Å². The fraction of sp³-hybridized carbons (Fsp3) is 0.500. The first kappa shape index (κ1) is 11.7. The lowest BCUT2D eigenvalue weighted by atomic mass is 9.67. The molecule has 4 nitrogen and oxygen atoms in total. The number of aliphatic hydroxyl groups is 1. The molecule has 0 bridgehead atoms. The van der Waals surface area contributed by atoms with E-state index in [0.29, 0.717) is 12.8 Å². The standard InChI is InChI=1S/C14H17NO3/c1-14(17)7-10(9-5-3-2-4-6-9)12-11(8-14)15-18-13(12)16/h2-6,10-12,15,17H,7-8H2,1H3/t10?,11?,12?,14-/m0/s1. The molecule has 0 spiro atoms. The molecule has 0 amide bonds. The van der Waals surface area contributed by atoms with Gasteiger partial charge in [-0.15, -0.1) is 5.48 Å². The van der Waals surface area contributed by atoms with Crippen molar-refractivity contribution in [3.8, 4) is 0 Å². The molecule has 96 valence electrons. The molecule has 0 radical (unpaired) electrons. The minimum atomic E-state index is -0.761. The summed E-state index contributed by atoms with van der Waals surface area (Å²) in [4.78, 5) is 16.8. The van der Waals surface area contributed by atoms with Crippen molar-refractivity contribution in [1.29, 1.82) is 0 Å². The highest BCUT2D eigenvalue weighted by Crippen LogP contribution is 2.44. The second-order valence-electron chi connectivity index (χ2n) is 5.59. The average molecular weight is 247 g/mol. The Bertz CT molecular complexity index is 457. The number of benzene rings is 1. The van der Waals surface area contributed by atoms with E-state index < -0.39 is 5.60 Å². The SMILES string of the molecule is C[C@@]1(O)CC2NOC(=O)C2C(c2ccccc2)C1. The molecule has 1 saturated carbocycles. The van der Waals surface area contributed by atoms with Gasteiger partial charge in [-0.25, -0.2) is 4.79 Å². The van der Waals surface area contributed by atoms with Gasteiger partial charge in [0.2, 0.25) is 0 Å². The quantitative estimate of drug-likeness (QED) is 0.786. The van der Waals surface area contributed by atoms with Crippen LogP contribution in [0.25, 0.3) is 0 Å². The molecule has 0 aromatic heterocycles. The van der Waals surface area contributed by atoms with Gasteiger partial charge in [-0.3, -0.25) is 0 Å². The fourth-order valence-electron chi connectivity index (χ4n) is 3.24. The molecule has 4 atom stereocenters. The lowest BCUT2D eigenvalue weighted by Gasteiger charge is -2.39. The molecule has 2 aliphatic rings. The van der Waals surface area contributed by atoms with Crippen LogP contribution in [0.2, 0.25) is 0 Å². The third-order valence-electron chi connectivity index (χ3n) is 4.00. The normalized spacial score (nSPS) is 39.2. The van der Waals surface area contributed by atoms with Crippen LogP contribution in [0, 0.1) is 5.92 Å². The van der Waals surface area contributed by atoms with Crippen LogP contribution in [-0.2, 0) is 9.63 Å². The van der Waals surface area contributed by atoms with E-state index in [1.54, 1.807) is 0 Å². The number of hydrogen-bond donors (Lipinski definition) is 2. The molecular weight excluding hydrogens is 230 g/mol. The molecule has 3 rings (SSSR count). The fourth-order valence-corrected chi connectivity index (χ4v) is 3.24. The topological polar surface area (TPSA) is 58.6 Å². The van der Waals surface area contributed by atoms with Crippen LogP contribution < -0.4 is 5.48 Å². The van der Waals surface area contributed by atoms with Crippen LogP contribution in [0.3, 0.4) is 0 Å². The third-order valence-corrected chi connectivity index (χ3v) is 4.00. The van der Waals surface area contributed by atoms with Crippen molar-refractivity contribution in [1.82, 2.24) is 5.48 Å². The van der Waals surface area contributed by atoms with Crippen molar-refractivity contribution in [2.45, 2.75) is 37.3 Å². The molecule has 18 heavy (non-hydrogen) atoms. The largest absolute Gasteiger partial charge is 0.390 e. The van der Waals surface area contributed by atoms with Gasteiger partial charge in [0, 0.05) is 5.92 Å². The molecule has 3 unspecified atom stereocenters. The van der Waals surface area contributed by atoms with Crippen LogP contribution in [0.15, 0.2) is 30.3 Å². The van der Waals surface area contributed by atoms with E-state index in [0.717, 1.165) is 5.56 Å². The minimum absolute atomic E-state index is 0.0162. The summed E-state index contributed by atoms with van der Waals surface area (Å²) in [6.45, 7) is 1.82. The average Bonchev–Trinajstić information content (AvgIpc) is 2.69. The number of fused-ring (bicyclic) bond motifs is 1. The first-order valence-corrected chi connectivity index (χ1v) is 6.30. The van der Waals surface area contributed by atoms with Crippen molar-refractivity contribution in [2.24, 2.45) is 5.92 Å². The first-order valence-electron chi connectivity index (χ1n) is 6.30. The Labute approximate surface area is 106 Å². The molecule has 2 N–H and O–H groups in total. The van der Waals surface area contributed by atoms with E-state index in [1.165, 1.54) is 0 Å². The van der Waals surface area contributed by atoms with Crippen LogP contribution in [0.5, 0.6) is 0 Å². The molecule has 1 saturated heterocycles. The van der Waals surface area contributed by atoms with Crippen LogP contribution in [0.4, 0.5) is 0 Å². The van der Waals surface area contributed by atoms with Crippen molar-refractivity contribution in [3.05, 3.63) is 35.9 Å². The lowest BCUT2D eigenvalue weighted by molar-refractivity contribution is -0.146. The summed E-state index contributed by atoms with van der Waals surface area (Å²) in [5.41, 5.74) is 3.08. The van der Waals surface area contributed by atoms with E-state index >= 15 is 0 Å². The summed E-state index contributed by atoms with van der Waals surface area (Å²) in [6, 6.07) is 9.80. The number of carbonyl (C=O) groups excluding carboxylic acids is 1. The van der Waals surface area contributed by atoms with E-state index in [2.05, 4.69) is 5.48 Å². The Kier molecular flexibility index (Phi) is 2.64. The Morgan fingerprint density at radius 1 is 1.33 bits per heavy atom. The smallest absolute Gasteiger partial charge is 0.330 e. The molecule has 1 aliphatic heterocycles. The molecular formula is C14H17NO3. The van der Waals surface area contributed by atoms with Gasteiger partial charge in [-0.1, -0.05) is 30.3 Å². The van der Waals surface area contributed by atoms with Crippen molar-refractivity contribution < 1.29 is 14.7 Å². The zero-order chi connectivity index (χ0) is 12.8. The summed E-state index contributed by atoms with van der Waals surface area (Å²) < 4.78 is 0. The predicted molar refractivity (Wildman–Crippen MR) is 65.5 cm³/mol. The number of hydrogen-bond acceptors (Lipinski definition) is 4. The molecule has 1 aliphatic carbocycles. The summed E-state index contributed by atoms with van der Waals surface area (Å²) in [5.74, 6) is -0.376. The first-order chi connectivity index (χ1) is 8.57. The Hall–Kier alpha value is -1.39. The van der Waals surface area contributed by atoms with Crippen LogP contribution in [0.1, 0.15) is 31.2 Å². The zero-order valence-corrected chi connectivity index (χ0v) is 10.3. The molecule has 1 aromatic rings. The summed E-state index contributed by atoms with van der Waals surface area (Å²) in [6.07, 6.45) is 1.14. The maximum atomic E-state index is 11.8. The van der Waals surface area contributed by atoms with Crippen molar-refractivity contribution >= 4 is 5.97 Å². The number of carbonyl (C=O) groups is 1. The van der Waals surface area contributed by atoms with Crippen LogP contribution >= 0.6 is 0 Å². The van der Waals surface area contributed by atoms with E-state index in [4.69, 9.17) is 4.84 Å². The van der Waals surface area contributed by atoms with Gasteiger partial charge in [-0.2, -0.15) is 0 Å². The highest BCUT2D eigenvalue weighted by atomic mass is 16.7. The number of nitrogens with one attached hydrogen (secondary N) is 1. The Balaban J connectivity index is 1.97. The Morgan fingerprint density at radius 2 is 2.06 bits per heavy atom. The predicted octanol–water partition coefficient (Wildman–Crippen LogP) is 1.36. The lowest BCUT2D eigenvalue weighted by Crippen LogP contribution is -2.46. The molecule has 2 fully saturated rings. The minimum Gasteiger partial charge on any atom is -0.390 e. The monoisotopic (exact) mass is 247 g/mol. The van der Waals surface area contributed by atoms with Gasteiger partial charge >= 0.3 is 5.97 Å². The van der Waals surface area contributed by atoms with Crippen LogP contribution in [-0.4, -0.2) is 22.7 Å². The second kappa shape index (κ2) is 4.07. The van der Waals surface area contributed by atoms with Gasteiger partial charge < -0.3 is 9.94 Å². The summed E-state index contributed by atoms with van der Waals surface area (Å²) in [7, 11) is 0. The maximum absolute atomic E-state index is 11.8. The molecule has 1 heterocycles. The van der Waals surface area contributed by atoms with E-state index in [1.807, 2.05) is 37.3 Å². The highest BCUT2D eigenvalue weighted by Gasteiger charge is 2.51. The Morgan fingerprint density at radius 3 is 2.78 bits per heavy atom. The van der Waals surface area contributed by atoms with Gasteiger partial charge in [0.15, 0.2) is 0 Å². The van der Waals surface area contributed by atoms with Gasteiger partial charge in [0.05, 0.1) is 17.6 Å². The summed E-state index contributed by atoms with van der Waals surface area (Å²) in [5, 5.41) is 10.3. The van der Waals surface area contributed by atoms with Gasteiger partial charge in [0.1, 0.15) is 0 Å². The molecule has 4 heteroatoms. The van der Waals surface area contributed by atoms with Gasteiger partial charge in [-0.05, 0) is 25.3 Å². The zero-order valence-electron chi connectivity index (χ0n) is 10.3. The highest BCUT2D eigenvalue weighted by molar-refractivity contribution is 5.76. The summed E-state index contributed by atoms with van der Waals surface area (Å²) >= 11 is 0. The van der Waals surface area contributed by atoms with E-state index in [9.17, 15) is 9.90 Å². The third kappa shape index (κ3) is 1.91. The number of rotatable bonds is 1. The second-order valence-corrected chi connectivity index (χ2v) is 5.59. The molecule has 1 aromatic carbocycles.